The molecular weight excluding hydrogens is 674 g/mol. The van der Waals surface area contributed by atoms with Crippen molar-refractivity contribution in [1.29, 1.82) is 0 Å². The van der Waals surface area contributed by atoms with E-state index in [9.17, 15) is 0 Å². The molecule has 6 rings (SSSR count). The predicted octanol–water partition coefficient (Wildman–Crippen LogP) is 9.92. The van der Waals surface area contributed by atoms with Crippen molar-refractivity contribution in [3.8, 4) is 11.5 Å². The maximum absolute atomic E-state index is 6.53. The van der Waals surface area contributed by atoms with E-state index in [0.717, 1.165) is 58.6 Å². The number of hydrogen-bond donors (Lipinski definition) is 0. The minimum absolute atomic E-state index is 0.481. The van der Waals surface area contributed by atoms with Crippen LogP contribution in [0, 0.1) is 0 Å². The molecule has 0 atom stereocenters. The first-order valence-corrected chi connectivity index (χ1v) is 17.1. The fourth-order valence-electron chi connectivity index (χ4n) is 5.96. The van der Waals surface area contributed by atoms with Crippen molar-refractivity contribution in [2.75, 3.05) is 36.1 Å². The Kier molecular flexibility index (Phi) is 10.5. The van der Waals surface area contributed by atoms with Crippen molar-refractivity contribution in [1.82, 2.24) is 4.57 Å². The molecule has 1 aromatic heterocycles. The van der Waals surface area contributed by atoms with Gasteiger partial charge in [0.2, 0.25) is 0 Å². The maximum Gasteiger partial charge on any atom is 0.282 e. The zero-order valence-corrected chi connectivity index (χ0v) is 29.2. The molecule has 242 valence electrons. The number of benzene rings is 4. The first-order chi connectivity index (χ1) is 22.9. The molecule has 1 aliphatic rings. The molecule has 0 radical (unpaired) electrons. The summed E-state index contributed by atoms with van der Waals surface area (Å²) >= 11 is 26.1. The summed E-state index contributed by atoms with van der Waals surface area (Å²) in [4.78, 5) is 4.46. The summed E-state index contributed by atoms with van der Waals surface area (Å²) in [6.45, 7) is 7.91. The third-order valence-corrected chi connectivity index (χ3v) is 9.53. The van der Waals surface area contributed by atoms with Crippen LogP contribution < -0.4 is 23.8 Å². The number of nitrogens with zero attached hydrogens (tertiary/aromatic N) is 4. The van der Waals surface area contributed by atoms with E-state index in [2.05, 4.69) is 51.0 Å². The molecule has 2 heterocycles. The highest BCUT2D eigenvalue weighted by atomic mass is 35.5. The first-order valence-electron chi connectivity index (χ1n) is 15.6. The van der Waals surface area contributed by atoms with E-state index in [4.69, 9.17) is 55.9 Å². The number of imidazole rings is 1. The normalized spacial score (nSPS) is 13.7. The van der Waals surface area contributed by atoms with Crippen molar-refractivity contribution >= 4 is 74.9 Å². The Morgan fingerprint density at radius 2 is 1.26 bits per heavy atom. The zero-order chi connectivity index (χ0) is 32.9. The van der Waals surface area contributed by atoms with Gasteiger partial charge in [0.15, 0.2) is 11.0 Å². The van der Waals surface area contributed by atoms with Crippen molar-refractivity contribution < 1.29 is 14.0 Å². The van der Waals surface area contributed by atoms with E-state index in [0.29, 0.717) is 46.4 Å². The van der Waals surface area contributed by atoms with Gasteiger partial charge < -0.3 is 19.3 Å². The zero-order valence-electron chi connectivity index (χ0n) is 26.2. The lowest BCUT2D eigenvalue weighted by atomic mass is 10.2. The molecule has 0 aliphatic carbocycles. The van der Waals surface area contributed by atoms with Crippen molar-refractivity contribution in [3.63, 3.8) is 0 Å². The summed E-state index contributed by atoms with van der Waals surface area (Å²) in [6, 6.07) is 27.4. The van der Waals surface area contributed by atoms with Crippen LogP contribution in [0.15, 0.2) is 103 Å². The number of halogens is 4. The molecule has 0 saturated heterocycles. The Hall–Kier alpha value is -3.81. The molecule has 6 nitrogen and oxygen atoms in total. The molecule has 0 fully saturated rings. The SMILES string of the molecule is CCN1C(=CC=Cc2n(CC)c3cc(Cl)c(Cl)cc3[n+]2CCOc2ccccc2)N(CCOc2ccccc2)c2cc(Cl)c(Cl)cc21. The summed E-state index contributed by atoms with van der Waals surface area (Å²) in [6.07, 6.45) is 6.32. The number of rotatable bonds is 12. The molecular formula is C37H35Cl4N4O2+. The molecule has 5 aromatic rings. The van der Waals surface area contributed by atoms with Crippen LogP contribution >= 0.6 is 46.4 Å². The van der Waals surface area contributed by atoms with Crippen LogP contribution in [-0.2, 0) is 13.1 Å². The lowest BCUT2D eigenvalue weighted by Crippen LogP contribution is -2.39. The van der Waals surface area contributed by atoms with Gasteiger partial charge in [0, 0.05) is 24.8 Å². The third-order valence-electron chi connectivity index (χ3n) is 8.08. The summed E-state index contributed by atoms with van der Waals surface area (Å²) < 4.78 is 16.6. The third kappa shape index (κ3) is 7.07. The van der Waals surface area contributed by atoms with E-state index in [1.165, 1.54) is 0 Å². The van der Waals surface area contributed by atoms with Crippen LogP contribution in [-0.4, -0.2) is 30.9 Å². The van der Waals surface area contributed by atoms with E-state index in [1.54, 1.807) is 0 Å². The number of aromatic nitrogens is 2. The molecule has 0 bridgehead atoms. The highest BCUT2D eigenvalue weighted by Gasteiger charge is 2.31. The van der Waals surface area contributed by atoms with Gasteiger partial charge in [0.1, 0.15) is 37.1 Å². The summed E-state index contributed by atoms with van der Waals surface area (Å²) in [5.41, 5.74) is 3.97. The van der Waals surface area contributed by atoms with Crippen LogP contribution in [0.1, 0.15) is 19.7 Å². The van der Waals surface area contributed by atoms with E-state index >= 15 is 0 Å². The maximum atomic E-state index is 6.53. The lowest BCUT2D eigenvalue weighted by Gasteiger charge is -2.24. The number of ether oxygens (including phenoxy) is 2. The van der Waals surface area contributed by atoms with E-state index < -0.39 is 0 Å². The molecule has 0 amide bonds. The number of para-hydroxylation sites is 2. The Bertz CT molecular complexity index is 1930. The Morgan fingerprint density at radius 1 is 0.681 bits per heavy atom. The molecule has 0 spiro atoms. The molecule has 1 aliphatic heterocycles. The van der Waals surface area contributed by atoms with Gasteiger partial charge in [-0.1, -0.05) is 88.9 Å². The van der Waals surface area contributed by atoms with Gasteiger partial charge in [0.25, 0.3) is 5.82 Å². The van der Waals surface area contributed by atoms with Gasteiger partial charge in [-0.25, -0.2) is 9.13 Å². The van der Waals surface area contributed by atoms with Gasteiger partial charge in [-0.2, -0.15) is 0 Å². The largest absolute Gasteiger partial charge is 0.492 e. The van der Waals surface area contributed by atoms with Gasteiger partial charge in [0.05, 0.1) is 44.6 Å². The van der Waals surface area contributed by atoms with Gasteiger partial charge >= 0.3 is 0 Å². The minimum atomic E-state index is 0.481. The van der Waals surface area contributed by atoms with Crippen LogP contribution in [0.4, 0.5) is 11.4 Å². The van der Waals surface area contributed by atoms with Crippen molar-refractivity contribution in [3.05, 3.63) is 129 Å². The summed E-state index contributed by atoms with van der Waals surface area (Å²) in [5, 5.41) is 2.06. The number of hydrogen-bond acceptors (Lipinski definition) is 4. The second-order valence-corrected chi connectivity index (χ2v) is 12.5. The number of allylic oxidation sites excluding steroid dienone is 2. The number of fused-ring (bicyclic) bond motifs is 2. The van der Waals surface area contributed by atoms with Crippen LogP contribution in [0.5, 0.6) is 11.5 Å². The van der Waals surface area contributed by atoms with Gasteiger partial charge in [-0.15, -0.1) is 0 Å². The average Bonchev–Trinajstić information content (AvgIpc) is 3.52. The fourth-order valence-corrected chi connectivity index (χ4v) is 6.59. The molecule has 47 heavy (non-hydrogen) atoms. The van der Waals surface area contributed by atoms with Crippen LogP contribution in [0.2, 0.25) is 20.1 Å². The lowest BCUT2D eigenvalue weighted by molar-refractivity contribution is -0.674. The Labute approximate surface area is 295 Å². The molecule has 0 N–H and O–H groups in total. The average molecular weight is 710 g/mol. The predicted molar refractivity (Wildman–Crippen MR) is 196 cm³/mol. The van der Waals surface area contributed by atoms with Crippen molar-refractivity contribution in [2.24, 2.45) is 0 Å². The first kappa shape index (κ1) is 33.1. The Morgan fingerprint density at radius 3 is 1.87 bits per heavy atom. The highest BCUT2D eigenvalue weighted by molar-refractivity contribution is 6.43. The number of aryl methyl sites for hydroxylation is 1. The second kappa shape index (κ2) is 15.0. The quantitative estimate of drug-likeness (QED) is 0.121. The summed E-state index contributed by atoms with van der Waals surface area (Å²) in [7, 11) is 0. The van der Waals surface area contributed by atoms with E-state index in [1.807, 2.05) is 84.9 Å². The van der Waals surface area contributed by atoms with E-state index in [-0.39, 0.29) is 0 Å². The monoisotopic (exact) mass is 707 g/mol. The van der Waals surface area contributed by atoms with Crippen LogP contribution in [0.3, 0.4) is 0 Å². The smallest absolute Gasteiger partial charge is 0.282 e. The second-order valence-electron chi connectivity index (χ2n) is 10.9. The summed E-state index contributed by atoms with van der Waals surface area (Å²) in [5.74, 6) is 3.65. The Balaban J connectivity index is 1.36. The minimum Gasteiger partial charge on any atom is -0.492 e. The molecule has 10 heteroatoms. The van der Waals surface area contributed by atoms with Gasteiger partial charge in [-0.05, 0) is 56.3 Å². The standard InChI is InChI=1S/C37H35Cl4N4O2/c1-3-42-32-22-28(38)30(40)24-34(32)44(18-20-46-26-12-7-5-8-13-26)36(42)16-11-17-37-43(4-2)33-23-29(39)31(41)25-35(33)45(37)19-21-47-27-14-9-6-10-15-27/h5-17,22-25H,3-4,18-21H2,1-2H3/q+1. The van der Waals surface area contributed by atoms with Crippen molar-refractivity contribution in [2.45, 2.75) is 26.9 Å². The van der Waals surface area contributed by atoms with Crippen LogP contribution in [0.25, 0.3) is 17.1 Å². The molecule has 0 saturated carbocycles. The number of anilines is 2. The molecule has 0 unspecified atom stereocenters. The topological polar surface area (TPSA) is 33.8 Å². The fraction of sp³-hybridized carbons (Fsp3) is 0.216. The van der Waals surface area contributed by atoms with Gasteiger partial charge in [-0.3, -0.25) is 0 Å². The highest BCUT2D eigenvalue weighted by Crippen LogP contribution is 2.45. The molecule has 4 aromatic carbocycles.